The largest absolute Gasteiger partial charge is 0.496 e. The Kier molecular flexibility index (Phi) is 5.22. The van der Waals surface area contributed by atoms with E-state index in [1.165, 1.54) is 0 Å². The number of ether oxygens (including phenoxy) is 2. The van der Waals surface area contributed by atoms with Crippen LogP contribution in [0, 0.1) is 0 Å². The summed E-state index contributed by atoms with van der Waals surface area (Å²) in [4.78, 5) is 10.6. The Morgan fingerprint density at radius 2 is 1.94 bits per heavy atom. The van der Waals surface area contributed by atoms with Gasteiger partial charge in [0, 0.05) is 11.6 Å². The van der Waals surface area contributed by atoms with Gasteiger partial charge < -0.3 is 14.6 Å². The van der Waals surface area contributed by atoms with E-state index >= 15 is 0 Å². The summed E-state index contributed by atoms with van der Waals surface area (Å²) in [5, 5.41) is 8.67. The lowest BCUT2D eigenvalue weighted by Gasteiger charge is -2.12. The highest BCUT2D eigenvalue weighted by Crippen LogP contribution is 2.36. The minimum absolute atomic E-state index is 0.0152. The lowest BCUT2D eigenvalue weighted by atomic mass is 10.0. The van der Waals surface area contributed by atoms with Crippen LogP contribution in [0.15, 0.2) is 22.7 Å². The quantitative estimate of drug-likeness (QED) is 0.905. The van der Waals surface area contributed by atoms with Gasteiger partial charge in [-0.15, -0.1) is 0 Å². The molecule has 1 rings (SSSR count). The first-order valence-electron chi connectivity index (χ1n) is 5.30. The Morgan fingerprint density at radius 3 is 2.44 bits per heavy atom. The van der Waals surface area contributed by atoms with Gasteiger partial charge in [-0.05, 0) is 34.5 Å². The van der Waals surface area contributed by atoms with Crippen LogP contribution in [0.3, 0.4) is 0 Å². The zero-order chi connectivity index (χ0) is 13.7. The van der Waals surface area contributed by atoms with Crippen molar-refractivity contribution in [3.63, 3.8) is 0 Å². The van der Waals surface area contributed by atoms with Crippen molar-refractivity contribution >= 4 is 27.5 Å². The van der Waals surface area contributed by atoms with Gasteiger partial charge >= 0.3 is 5.97 Å². The molecule has 0 amide bonds. The molecule has 0 saturated heterocycles. The zero-order valence-electron chi connectivity index (χ0n) is 10.5. The first-order valence-corrected chi connectivity index (χ1v) is 6.09. The average Bonchev–Trinajstić information content (AvgIpc) is 2.35. The molecule has 1 N–H and O–H groups in total. The lowest BCUT2D eigenvalue weighted by molar-refractivity contribution is -0.135. The SMILES string of the molecule is COc1cc(OC)c(/C(C)=C/CC(=O)O)cc1Br. The molecule has 0 aliphatic heterocycles. The van der Waals surface area contributed by atoms with Crippen LogP contribution in [-0.2, 0) is 4.79 Å². The lowest BCUT2D eigenvalue weighted by Crippen LogP contribution is -1.95. The molecule has 0 saturated carbocycles. The van der Waals surface area contributed by atoms with Crippen LogP contribution >= 0.6 is 15.9 Å². The molecule has 0 atom stereocenters. The van der Waals surface area contributed by atoms with Gasteiger partial charge in [0.1, 0.15) is 11.5 Å². The number of aliphatic carboxylic acids is 1. The molecule has 0 radical (unpaired) electrons. The maximum absolute atomic E-state index is 10.6. The third kappa shape index (κ3) is 3.50. The highest BCUT2D eigenvalue weighted by atomic mass is 79.9. The van der Waals surface area contributed by atoms with Gasteiger partial charge in [-0.3, -0.25) is 4.79 Å². The minimum Gasteiger partial charge on any atom is -0.496 e. The predicted molar refractivity (Wildman–Crippen MR) is 73.1 cm³/mol. The molecule has 0 fully saturated rings. The summed E-state index contributed by atoms with van der Waals surface area (Å²) >= 11 is 3.39. The molecular formula is C13H15BrO4. The van der Waals surface area contributed by atoms with E-state index in [-0.39, 0.29) is 6.42 Å². The molecule has 98 valence electrons. The zero-order valence-corrected chi connectivity index (χ0v) is 12.1. The number of benzene rings is 1. The number of carbonyl (C=O) groups is 1. The molecule has 0 aromatic heterocycles. The monoisotopic (exact) mass is 314 g/mol. The smallest absolute Gasteiger partial charge is 0.307 e. The number of methoxy groups -OCH3 is 2. The number of hydrogen-bond donors (Lipinski definition) is 1. The molecule has 1 aromatic carbocycles. The van der Waals surface area contributed by atoms with Crippen LogP contribution in [0.25, 0.3) is 5.57 Å². The van der Waals surface area contributed by atoms with E-state index in [0.717, 1.165) is 15.6 Å². The van der Waals surface area contributed by atoms with E-state index < -0.39 is 5.97 Å². The van der Waals surface area contributed by atoms with Crippen LogP contribution in [0.1, 0.15) is 18.9 Å². The van der Waals surface area contributed by atoms with E-state index in [9.17, 15) is 4.79 Å². The maximum atomic E-state index is 10.6. The normalized spacial score (nSPS) is 11.2. The molecule has 0 spiro atoms. The Morgan fingerprint density at radius 1 is 1.33 bits per heavy atom. The van der Waals surface area contributed by atoms with Crippen molar-refractivity contribution in [1.82, 2.24) is 0 Å². The second-order valence-corrected chi connectivity index (χ2v) is 4.53. The first kappa shape index (κ1) is 14.6. The Labute approximate surface area is 114 Å². The molecule has 4 nitrogen and oxygen atoms in total. The first-order chi connectivity index (χ1) is 8.49. The third-order valence-electron chi connectivity index (χ3n) is 2.48. The van der Waals surface area contributed by atoms with Crippen molar-refractivity contribution in [2.75, 3.05) is 14.2 Å². The van der Waals surface area contributed by atoms with Crippen LogP contribution in [0.5, 0.6) is 11.5 Å². The summed E-state index contributed by atoms with van der Waals surface area (Å²) in [7, 11) is 3.14. The van der Waals surface area contributed by atoms with Gasteiger partial charge in [-0.1, -0.05) is 6.08 Å². The summed E-state index contributed by atoms with van der Waals surface area (Å²) in [5.74, 6) is 0.455. The number of carboxylic acids is 1. The highest BCUT2D eigenvalue weighted by Gasteiger charge is 2.11. The molecule has 1 aromatic rings. The molecule has 5 heteroatoms. The van der Waals surface area contributed by atoms with Crippen molar-refractivity contribution in [2.45, 2.75) is 13.3 Å². The molecular weight excluding hydrogens is 300 g/mol. The Bertz CT molecular complexity index is 480. The van der Waals surface area contributed by atoms with Gasteiger partial charge in [-0.25, -0.2) is 0 Å². The van der Waals surface area contributed by atoms with Gasteiger partial charge in [0.2, 0.25) is 0 Å². The molecule has 0 aliphatic carbocycles. The fourth-order valence-corrected chi connectivity index (χ4v) is 2.02. The fraction of sp³-hybridized carbons (Fsp3) is 0.308. The van der Waals surface area contributed by atoms with E-state index in [1.54, 1.807) is 26.4 Å². The number of allylic oxidation sites excluding steroid dienone is 1. The van der Waals surface area contributed by atoms with Gasteiger partial charge in [0.15, 0.2) is 0 Å². The van der Waals surface area contributed by atoms with Gasteiger partial charge in [0.25, 0.3) is 0 Å². The molecule has 0 bridgehead atoms. The summed E-state index contributed by atoms with van der Waals surface area (Å²) in [6.45, 7) is 1.85. The fourth-order valence-electron chi connectivity index (χ4n) is 1.52. The van der Waals surface area contributed by atoms with Crippen molar-refractivity contribution in [2.24, 2.45) is 0 Å². The van der Waals surface area contributed by atoms with Crippen molar-refractivity contribution in [3.8, 4) is 11.5 Å². The maximum Gasteiger partial charge on any atom is 0.307 e. The second-order valence-electron chi connectivity index (χ2n) is 3.67. The number of hydrogen-bond acceptors (Lipinski definition) is 3. The molecule has 18 heavy (non-hydrogen) atoms. The summed E-state index contributed by atoms with van der Waals surface area (Å²) in [6.07, 6.45) is 1.64. The highest BCUT2D eigenvalue weighted by molar-refractivity contribution is 9.10. The molecule has 0 aliphatic rings. The van der Waals surface area contributed by atoms with Gasteiger partial charge in [0.05, 0.1) is 25.1 Å². The second kappa shape index (κ2) is 6.44. The Hall–Kier alpha value is -1.49. The molecule has 0 unspecified atom stereocenters. The average molecular weight is 315 g/mol. The van der Waals surface area contributed by atoms with Crippen molar-refractivity contribution in [3.05, 3.63) is 28.2 Å². The summed E-state index contributed by atoms with van der Waals surface area (Å²) < 4.78 is 11.3. The van der Waals surface area contributed by atoms with Crippen molar-refractivity contribution < 1.29 is 19.4 Å². The van der Waals surface area contributed by atoms with E-state index in [2.05, 4.69) is 15.9 Å². The standard InChI is InChI=1S/C13H15BrO4/c1-8(4-5-13(15)16)9-6-10(14)12(18-3)7-11(9)17-2/h4,6-7H,5H2,1-3H3,(H,15,16)/b8-4+. The van der Waals surface area contributed by atoms with Crippen molar-refractivity contribution in [1.29, 1.82) is 0 Å². The van der Waals surface area contributed by atoms with Crippen LogP contribution in [0.4, 0.5) is 0 Å². The van der Waals surface area contributed by atoms with Crippen LogP contribution in [-0.4, -0.2) is 25.3 Å². The van der Waals surface area contributed by atoms with Crippen LogP contribution in [0.2, 0.25) is 0 Å². The molecule has 0 heterocycles. The summed E-state index contributed by atoms with van der Waals surface area (Å²) in [6, 6.07) is 3.61. The van der Waals surface area contributed by atoms with E-state index in [0.29, 0.717) is 11.5 Å². The number of halogens is 1. The predicted octanol–water partition coefficient (Wildman–Crippen LogP) is 3.34. The van der Waals surface area contributed by atoms with Gasteiger partial charge in [-0.2, -0.15) is 0 Å². The minimum atomic E-state index is -0.860. The number of rotatable bonds is 5. The van der Waals surface area contributed by atoms with Crippen LogP contribution < -0.4 is 9.47 Å². The summed E-state index contributed by atoms with van der Waals surface area (Å²) in [5.41, 5.74) is 1.68. The topological polar surface area (TPSA) is 55.8 Å². The Balaban J connectivity index is 3.18. The number of carboxylic acid groups (broad SMARTS) is 1. The van der Waals surface area contributed by atoms with E-state index in [1.807, 2.05) is 13.0 Å². The van der Waals surface area contributed by atoms with E-state index in [4.69, 9.17) is 14.6 Å². The third-order valence-corrected chi connectivity index (χ3v) is 3.10.